The minimum atomic E-state index is -3.84. The second-order valence-electron chi connectivity index (χ2n) is 5.56. The summed E-state index contributed by atoms with van der Waals surface area (Å²) in [5.41, 5.74) is 0.203. The van der Waals surface area contributed by atoms with Crippen LogP contribution >= 0.6 is 0 Å². The van der Waals surface area contributed by atoms with Gasteiger partial charge in [-0.05, 0) is 25.1 Å². The lowest BCUT2D eigenvalue weighted by molar-refractivity contribution is -0.384. The molecule has 2 aromatic carbocycles. The Hall–Kier alpha value is -3.14. The summed E-state index contributed by atoms with van der Waals surface area (Å²) in [5, 5.41) is 13.5. The molecule has 27 heavy (non-hydrogen) atoms. The van der Waals surface area contributed by atoms with Crippen LogP contribution < -0.4 is 14.4 Å². The highest BCUT2D eigenvalue weighted by Gasteiger charge is 2.22. The quantitative estimate of drug-likeness (QED) is 0.543. The molecule has 0 aromatic heterocycles. The Balaban J connectivity index is 2.22. The Kier molecular flexibility index (Phi) is 6.35. The number of ether oxygens (including phenoxy) is 1. The van der Waals surface area contributed by atoms with E-state index in [0.717, 1.165) is 16.6 Å². The summed E-state index contributed by atoms with van der Waals surface area (Å²) < 4.78 is 30.3. The largest absolute Gasteiger partial charge is 0.494 e. The predicted octanol–water partition coefficient (Wildman–Crippen LogP) is 2.40. The molecular formula is C17H19N3O6S. The first-order valence-corrected chi connectivity index (χ1v) is 9.80. The van der Waals surface area contributed by atoms with Crippen LogP contribution in [0.4, 0.5) is 17.1 Å². The number of carbonyl (C=O) groups excluding carboxylic acids is 1. The highest BCUT2D eigenvalue weighted by Crippen LogP contribution is 2.23. The standard InChI is InChI=1S/C17H19N3O6S/c1-3-26-16-9-4-6-13(10-16)18-17(21)12-19(27(2,24)25)14-7-5-8-15(11-14)20(22)23/h4-11H,3,12H2,1-2H3,(H,18,21). The molecule has 0 bridgehead atoms. The van der Waals surface area contributed by atoms with Crippen molar-refractivity contribution >= 4 is 33.0 Å². The SMILES string of the molecule is CCOc1cccc(NC(=O)CN(c2cccc([N+](=O)[O-])c2)S(C)(=O)=O)c1. The molecule has 1 N–H and O–H groups in total. The van der Waals surface area contributed by atoms with E-state index in [0.29, 0.717) is 18.0 Å². The summed E-state index contributed by atoms with van der Waals surface area (Å²) >= 11 is 0. The van der Waals surface area contributed by atoms with Crippen LogP contribution in [0.25, 0.3) is 0 Å². The third-order valence-electron chi connectivity index (χ3n) is 3.44. The van der Waals surface area contributed by atoms with Gasteiger partial charge in [0.15, 0.2) is 0 Å². The lowest BCUT2D eigenvalue weighted by Crippen LogP contribution is -2.37. The number of nitro groups is 1. The molecule has 1 amide bonds. The van der Waals surface area contributed by atoms with E-state index < -0.39 is 27.4 Å². The van der Waals surface area contributed by atoms with Crippen LogP contribution in [-0.4, -0.2) is 38.7 Å². The number of amides is 1. The maximum Gasteiger partial charge on any atom is 0.271 e. The summed E-state index contributed by atoms with van der Waals surface area (Å²) in [5.74, 6) is -0.0328. The summed E-state index contributed by atoms with van der Waals surface area (Å²) in [7, 11) is -3.84. The van der Waals surface area contributed by atoms with Crippen molar-refractivity contribution in [2.75, 3.05) is 29.0 Å². The number of non-ortho nitro benzene ring substituents is 1. The van der Waals surface area contributed by atoms with Crippen molar-refractivity contribution in [3.05, 3.63) is 58.6 Å². The molecule has 10 heteroatoms. The number of sulfonamides is 1. The van der Waals surface area contributed by atoms with E-state index in [1.165, 1.54) is 18.2 Å². The van der Waals surface area contributed by atoms with Crippen LogP contribution in [0.15, 0.2) is 48.5 Å². The molecule has 0 heterocycles. The zero-order valence-corrected chi connectivity index (χ0v) is 15.6. The van der Waals surface area contributed by atoms with Crippen LogP contribution in [0.3, 0.4) is 0 Å². The molecule has 0 aliphatic heterocycles. The van der Waals surface area contributed by atoms with E-state index in [1.807, 2.05) is 6.92 Å². The van der Waals surface area contributed by atoms with E-state index in [9.17, 15) is 23.3 Å². The Bertz CT molecular complexity index is 945. The number of carbonyl (C=O) groups is 1. The van der Waals surface area contributed by atoms with Crippen molar-refractivity contribution in [2.24, 2.45) is 0 Å². The summed E-state index contributed by atoms with van der Waals surface area (Å²) in [4.78, 5) is 22.6. The molecule has 0 unspecified atom stereocenters. The third-order valence-corrected chi connectivity index (χ3v) is 4.59. The number of nitrogens with zero attached hydrogens (tertiary/aromatic N) is 2. The minimum absolute atomic E-state index is 0.0323. The second kappa shape index (κ2) is 8.49. The van der Waals surface area contributed by atoms with Gasteiger partial charge >= 0.3 is 0 Å². The molecule has 2 aromatic rings. The van der Waals surface area contributed by atoms with Gasteiger partial charge in [-0.15, -0.1) is 0 Å². The van der Waals surface area contributed by atoms with E-state index >= 15 is 0 Å². The Morgan fingerprint density at radius 3 is 2.56 bits per heavy atom. The van der Waals surface area contributed by atoms with E-state index in [2.05, 4.69) is 5.32 Å². The van der Waals surface area contributed by atoms with Gasteiger partial charge in [-0.3, -0.25) is 19.2 Å². The number of hydrogen-bond donors (Lipinski definition) is 1. The fraction of sp³-hybridized carbons (Fsp3) is 0.235. The molecule has 0 fully saturated rings. The molecule has 0 aliphatic rings. The van der Waals surface area contributed by atoms with Crippen molar-refractivity contribution < 1.29 is 22.9 Å². The van der Waals surface area contributed by atoms with Gasteiger partial charge in [-0.25, -0.2) is 8.42 Å². The van der Waals surface area contributed by atoms with Crippen molar-refractivity contribution in [1.82, 2.24) is 0 Å². The molecule has 2 rings (SSSR count). The van der Waals surface area contributed by atoms with Crippen LogP contribution in [0.2, 0.25) is 0 Å². The molecule has 0 aliphatic carbocycles. The van der Waals surface area contributed by atoms with Crippen LogP contribution in [-0.2, 0) is 14.8 Å². The summed E-state index contributed by atoms with van der Waals surface area (Å²) in [6, 6.07) is 11.7. The number of anilines is 2. The first-order valence-electron chi connectivity index (χ1n) is 7.95. The van der Waals surface area contributed by atoms with E-state index in [1.54, 1.807) is 24.3 Å². The van der Waals surface area contributed by atoms with Gasteiger partial charge in [0.05, 0.1) is 23.5 Å². The normalized spacial score (nSPS) is 10.9. The number of rotatable bonds is 8. The summed E-state index contributed by atoms with van der Waals surface area (Å²) in [6.45, 7) is 1.76. The first-order chi connectivity index (χ1) is 12.7. The molecular weight excluding hydrogens is 374 g/mol. The molecule has 9 nitrogen and oxygen atoms in total. The highest BCUT2D eigenvalue weighted by atomic mass is 32.2. The smallest absolute Gasteiger partial charge is 0.271 e. The molecule has 0 saturated carbocycles. The summed E-state index contributed by atoms with van der Waals surface area (Å²) in [6.07, 6.45) is 0.925. The van der Waals surface area contributed by atoms with Crippen LogP contribution in [0, 0.1) is 10.1 Å². The molecule has 0 atom stereocenters. The van der Waals surface area contributed by atoms with Gasteiger partial charge in [0.25, 0.3) is 5.69 Å². The molecule has 0 radical (unpaired) electrons. The van der Waals surface area contributed by atoms with Gasteiger partial charge in [0, 0.05) is 23.9 Å². The number of benzene rings is 2. The monoisotopic (exact) mass is 393 g/mol. The van der Waals surface area contributed by atoms with Crippen LogP contribution in [0.5, 0.6) is 5.75 Å². The lowest BCUT2D eigenvalue weighted by atomic mass is 10.2. The van der Waals surface area contributed by atoms with E-state index in [4.69, 9.17) is 4.74 Å². The zero-order chi connectivity index (χ0) is 20.0. The fourth-order valence-electron chi connectivity index (χ4n) is 2.32. The predicted molar refractivity (Wildman–Crippen MR) is 102 cm³/mol. The molecule has 0 saturated heterocycles. The van der Waals surface area contributed by atoms with E-state index in [-0.39, 0.29) is 11.4 Å². The minimum Gasteiger partial charge on any atom is -0.494 e. The lowest BCUT2D eigenvalue weighted by Gasteiger charge is -2.21. The Morgan fingerprint density at radius 2 is 1.93 bits per heavy atom. The van der Waals surface area contributed by atoms with Crippen molar-refractivity contribution in [3.63, 3.8) is 0 Å². The molecule has 0 spiro atoms. The van der Waals surface area contributed by atoms with Gasteiger partial charge in [-0.1, -0.05) is 12.1 Å². The van der Waals surface area contributed by atoms with Crippen molar-refractivity contribution in [1.29, 1.82) is 0 Å². The van der Waals surface area contributed by atoms with Crippen LogP contribution in [0.1, 0.15) is 6.92 Å². The fourth-order valence-corrected chi connectivity index (χ4v) is 3.17. The van der Waals surface area contributed by atoms with Gasteiger partial charge in [0.1, 0.15) is 12.3 Å². The van der Waals surface area contributed by atoms with Gasteiger partial charge in [0.2, 0.25) is 15.9 Å². The Labute approximate surface area is 156 Å². The van der Waals surface area contributed by atoms with Gasteiger partial charge in [-0.2, -0.15) is 0 Å². The van der Waals surface area contributed by atoms with Crippen molar-refractivity contribution in [2.45, 2.75) is 6.92 Å². The number of nitro benzene ring substituents is 1. The maximum atomic E-state index is 12.3. The van der Waals surface area contributed by atoms with Crippen molar-refractivity contribution in [3.8, 4) is 5.75 Å². The first kappa shape index (κ1) is 20.2. The number of nitrogens with one attached hydrogen (secondary N) is 1. The third kappa shape index (κ3) is 5.68. The zero-order valence-electron chi connectivity index (χ0n) is 14.8. The Morgan fingerprint density at radius 1 is 1.22 bits per heavy atom. The highest BCUT2D eigenvalue weighted by molar-refractivity contribution is 7.92. The number of hydrogen-bond acceptors (Lipinski definition) is 6. The topological polar surface area (TPSA) is 119 Å². The van der Waals surface area contributed by atoms with Gasteiger partial charge < -0.3 is 10.1 Å². The average molecular weight is 393 g/mol. The average Bonchev–Trinajstić information content (AvgIpc) is 2.59. The maximum absolute atomic E-state index is 12.3. The molecule has 144 valence electrons. The second-order valence-corrected chi connectivity index (χ2v) is 7.46.